The number of fused-ring (bicyclic) bond motifs is 1. The van der Waals surface area contributed by atoms with Gasteiger partial charge in [-0.05, 0) is 39.9 Å². The molecule has 0 fully saturated rings. The van der Waals surface area contributed by atoms with Gasteiger partial charge in [-0.25, -0.2) is 0 Å². The average Bonchev–Trinajstić information content (AvgIpc) is 3.32. The highest BCUT2D eigenvalue weighted by atomic mass is 32.1. The molecule has 2 aromatic heterocycles. The van der Waals surface area contributed by atoms with Crippen molar-refractivity contribution in [2.45, 2.75) is 13.0 Å². The van der Waals surface area contributed by atoms with E-state index in [0.717, 1.165) is 32.7 Å². The zero-order valence-electron chi connectivity index (χ0n) is 13.6. The number of hydrogen-bond acceptors (Lipinski definition) is 3. The molecule has 4 heteroatoms. The van der Waals surface area contributed by atoms with Crippen molar-refractivity contribution in [2.75, 3.05) is 0 Å². The second kappa shape index (κ2) is 6.95. The van der Waals surface area contributed by atoms with E-state index in [4.69, 9.17) is 4.42 Å². The summed E-state index contributed by atoms with van der Waals surface area (Å²) in [6.07, 6.45) is 0.361. The van der Waals surface area contributed by atoms with E-state index >= 15 is 0 Å². The van der Waals surface area contributed by atoms with Gasteiger partial charge in [0.15, 0.2) is 0 Å². The maximum absolute atomic E-state index is 12.3. The molecule has 0 saturated heterocycles. The molecule has 1 amide bonds. The Balaban J connectivity index is 1.41. The third-order valence-electron chi connectivity index (χ3n) is 4.12. The smallest absolute Gasteiger partial charge is 0.224 e. The van der Waals surface area contributed by atoms with Crippen molar-refractivity contribution < 1.29 is 9.21 Å². The molecule has 0 aliphatic heterocycles. The lowest BCUT2D eigenvalue weighted by Crippen LogP contribution is -2.24. The van der Waals surface area contributed by atoms with E-state index in [0.29, 0.717) is 13.0 Å². The van der Waals surface area contributed by atoms with Crippen LogP contribution in [0, 0.1) is 0 Å². The van der Waals surface area contributed by atoms with E-state index in [1.54, 1.807) is 11.3 Å². The van der Waals surface area contributed by atoms with Gasteiger partial charge < -0.3 is 9.73 Å². The molecular weight excluding hydrogens is 330 g/mol. The van der Waals surface area contributed by atoms with Gasteiger partial charge in [-0.2, -0.15) is 0 Å². The van der Waals surface area contributed by atoms with Crippen molar-refractivity contribution in [2.24, 2.45) is 0 Å². The van der Waals surface area contributed by atoms with E-state index in [9.17, 15) is 4.79 Å². The van der Waals surface area contributed by atoms with Crippen LogP contribution >= 0.6 is 11.3 Å². The third-order valence-corrected chi connectivity index (χ3v) is 5.00. The van der Waals surface area contributed by atoms with Crippen molar-refractivity contribution in [3.8, 4) is 10.6 Å². The molecule has 0 spiro atoms. The van der Waals surface area contributed by atoms with Crippen LogP contribution in [0.25, 0.3) is 21.4 Å². The molecule has 25 heavy (non-hydrogen) atoms. The predicted octanol–water partition coefficient (Wildman–Crippen LogP) is 5.02. The normalized spacial score (nSPS) is 10.9. The molecule has 2 aromatic carbocycles. The van der Waals surface area contributed by atoms with Crippen LogP contribution in [-0.2, 0) is 17.8 Å². The Bertz CT molecular complexity index is 996. The summed E-state index contributed by atoms with van der Waals surface area (Å²) in [4.78, 5) is 13.4. The fourth-order valence-corrected chi connectivity index (χ4v) is 3.58. The molecule has 4 aromatic rings. The number of amides is 1. The van der Waals surface area contributed by atoms with Crippen molar-refractivity contribution in [3.63, 3.8) is 0 Å². The first kappa shape index (κ1) is 15.7. The number of furan rings is 1. The number of benzene rings is 2. The summed E-state index contributed by atoms with van der Waals surface area (Å²) < 4.78 is 5.79. The highest BCUT2D eigenvalue weighted by molar-refractivity contribution is 7.13. The van der Waals surface area contributed by atoms with E-state index in [-0.39, 0.29) is 5.91 Å². The molecule has 0 radical (unpaired) electrons. The second-order valence-corrected chi connectivity index (χ2v) is 6.78. The van der Waals surface area contributed by atoms with Gasteiger partial charge in [0.1, 0.15) is 11.5 Å². The van der Waals surface area contributed by atoms with Gasteiger partial charge in [0.05, 0.1) is 17.8 Å². The van der Waals surface area contributed by atoms with Gasteiger partial charge in [-0.15, -0.1) is 11.3 Å². The minimum absolute atomic E-state index is 0.00886. The summed E-state index contributed by atoms with van der Waals surface area (Å²) in [5, 5.41) is 7.23. The maximum Gasteiger partial charge on any atom is 0.224 e. The van der Waals surface area contributed by atoms with E-state index < -0.39 is 0 Å². The van der Waals surface area contributed by atoms with Crippen LogP contribution in [0.15, 0.2) is 76.5 Å². The summed E-state index contributed by atoms with van der Waals surface area (Å²) in [7, 11) is 0. The first-order chi connectivity index (χ1) is 12.3. The van der Waals surface area contributed by atoms with Crippen LogP contribution in [-0.4, -0.2) is 5.91 Å². The quantitative estimate of drug-likeness (QED) is 0.551. The number of nitrogens with one attached hydrogen (secondary N) is 1. The third kappa shape index (κ3) is 3.49. The van der Waals surface area contributed by atoms with E-state index in [1.165, 1.54) is 0 Å². The van der Waals surface area contributed by atoms with Gasteiger partial charge in [-0.3, -0.25) is 4.79 Å². The van der Waals surface area contributed by atoms with Crippen LogP contribution in [0.5, 0.6) is 0 Å². The Morgan fingerprint density at radius 3 is 2.72 bits per heavy atom. The summed E-state index contributed by atoms with van der Waals surface area (Å²) in [5.74, 6) is 1.59. The Labute approximate surface area is 149 Å². The predicted molar refractivity (Wildman–Crippen MR) is 102 cm³/mol. The SMILES string of the molecule is O=C(Cc1cccc2ccccc12)NCc1ccc(-c2cccs2)o1. The fourth-order valence-electron chi connectivity index (χ4n) is 2.89. The molecule has 3 nitrogen and oxygen atoms in total. The van der Waals surface area contributed by atoms with Crippen molar-refractivity contribution in [3.05, 3.63) is 83.4 Å². The number of carbonyl (C=O) groups is 1. The lowest BCUT2D eigenvalue weighted by atomic mass is 10.0. The highest BCUT2D eigenvalue weighted by Gasteiger charge is 2.09. The summed E-state index contributed by atoms with van der Waals surface area (Å²) >= 11 is 1.64. The molecule has 0 bridgehead atoms. The molecular formula is C21H17NO2S. The van der Waals surface area contributed by atoms with Gasteiger partial charge in [0.2, 0.25) is 5.91 Å². The fraction of sp³-hybridized carbons (Fsp3) is 0.0952. The van der Waals surface area contributed by atoms with E-state index in [1.807, 2.05) is 53.9 Å². The topological polar surface area (TPSA) is 42.2 Å². The number of thiophene rings is 1. The van der Waals surface area contributed by atoms with Crippen LogP contribution < -0.4 is 5.32 Å². The zero-order chi connectivity index (χ0) is 17.1. The van der Waals surface area contributed by atoms with Crippen LogP contribution in [0.4, 0.5) is 0 Å². The molecule has 0 atom stereocenters. The molecule has 0 aliphatic carbocycles. The second-order valence-electron chi connectivity index (χ2n) is 5.84. The highest BCUT2D eigenvalue weighted by Crippen LogP contribution is 2.26. The van der Waals surface area contributed by atoms with Gasteiger partial charge in [0.25, 0.3) is 0 Å². The van der Waals surface area contributed by atoms with Crippen LogP contribution in [0.1, 0.15) is 11.3 Å². The lowest BCUT2D eigenvalue weighted by Gasteiger charge is -2.07. The van der Waals surface area contributed by atoms with Gasteiger partial charge in [0, 0.05) is 0 Å². The Kier molecular flexibility index (Phi) is 4.36. The molecule has 4 rings (SSSR count). The minimum atomic E-state index is -0.00886. The summed E-state index contributed by atoms with van der Waals surface area (Å²) in [6.45, 7) is 0.398. The molecule has 0 unspecified atom stereocenters. The van der Waals surface area contributed by atoms with Crippen molar-refractivity contribution >= 4 is 28.0 Å². The molecule has 0 aliphatic rings. The Morgan fingerprint density at radius 2 is 1.84 bits per heavy atom. The lowest BCUT2D eigenvalue weighted by molar-refractivity contribution is -0.120. The van der Waals surface area contributed by atoms with Gasteiger partial charge in [-0.1, -0.05) is 48.5 Å². The number of carbonyl (C=O) groups excluding carboxylic acids is 1. The van der Waals surface area contributed by atoms with Crippen molar-refractivity contribution in [1.29, 1.82) is 0 Å². The van der Waals surface area contributed by atoms with Gasteiger partial charge >= 0.3 is 0 Å². The van der Waals surface area contributed by atoms with Crippen LogP contribution in [0.2, 0.25) is 0 Å². The monoisotopic (exact) mass is 347 g/mol. The first-order valence-electron chi connectivity index (χ1n) is 8.15. The number of hydrogen-bond donors (Lipinski definition) is 1. The molecule has 2 heterocycles. The zero-order valence-corrected chi connectivity index (χ0v) is 14.4. The summed E-state index contributed by atoms with van der Waals surface area (Å²) in [6, 6.07) is 22.0. The maximum atomic E-state index is 12.3. The largest absolute Gasteiger partial charge is 0.458 e. The minimum Gasteiger partial charge on any atom is -0.458 e. The Morgan fingerprint density at radius 1 is 0.960 bits per heavy atom. The van der Waals surface area contributed by atoms with E-state index in [2.05, 4.69) is 23.5 Å². The molecule has 124 valence electrons. The molecule has 1 N–H and O–H groups in total. The number of rotatable bonds is 5. The van der Waals surface area contributed by atoms with Crippen LogP contribution in [0.3, 0.4) is 0 Å². The first-order valence-corrected chi connectivity index (χ1v) is 9.03. The Hall–Kier alpha value is -2.85. The summed E-state index contributed by atoms with van der Waals surface area (Å²) in [5.41, 5.74) is 1.04. The molecule has 0 saturated carbocycles. The standard InChI is InChI=1S/C21H17NO2S/c23-21(13-16-7-3-6-15-5-1-2-8-18(15)16)22-14-17-10-11-19(24-17)20-9-4-12-25-20/h1-12H,13-14H2,(H,22,23). The average molecular weight is 347 g/mol. The van der Waals surface area contributed by atoms with Crippen molar-refractivity contribution in [1.82, 2.24) is 5.32 Å².